The zero-order valence-electron chi connectivity index (χ0n) is 7.74. The molecule has 12 heavy (non-hydrogen) atoms. The van der Waals surface area contributed by atoms with Crippen LogP contribution < -0.4 is 5.73 Å². The Kier molecular flexibility index (Phi) is 4.50. The van der Waals surface area contributed by atoms with E-state index in [9.17, 15) is 9.36 Å². The van der Waals surface area contributed by atoms with Crippen molar-refractivity contribution in [2.24, 2.45) is 5.73 Å². The van der Waals surface area contributed by atoms with Crippen molar-refractivity contribution in [1.29, 1.82) is 0 Å². The van der Waals surface area contributed by atoms with Crippen molar-refractivity contribution in [2.75, 3.05) is 26.1 Å². The van der Waals surface area contributed by atoms with E-state index in [0.717, 1.165) is 0 Å². The van der Waals surface area contributed by atoms with Crippen LogP contribution in [0.1, 0.15) is 6.92 Å². The highest BCUT2D eigenvalue weighted by atomic mass is 31.2. The Bertz CT molecular complexity index is 199. The third-order valence-corrected chi connectivity index (χ3v) is 2.50. The summed E-state index contributed by atoms with van der Waals surface area (Å²) in [5.41, 5.74) is 5.44. The number of hydrogen-bond donors (Lipinski definition) is 1. The maximum absolute atomic E-state index is 11.2. The van der Waals surface area contributed by atoms with Crippen LogP contribution in [0.5, 0.6) is 0 Å². The van der Waals surface area contributed by atoms with Crippen molar-refractivity contribution >= 4 is 13.1 Å². The molecule has 0 aliphatic rings. The Hall–Kier alpha value is -0.340. The van der Waals surface area contributed by atoms with Crippen LogP contribution in [0.4, 0.5) is 0 Å². The first-order chi connectivity index (χ1) is 5.37. The summed E-state index contributed by atoms with van der Waals surface area (Å²) in [7, 11) is -2.23. The van der Waals surface area contributed by atoms with Crippen LogP contribution in [0, 0.1) is 0 Å². The normalized spacial score (nSPS) is 14.0. The van der Waals surface area contributed by atoms with Gasteiger partial charge in [0.2, 0.25) is 0 Å². The second-order valence-electron chi connectivity index (χ2n) is 3.12. The van der Waals surface area contributed by atoms with Gasteiger partial charge in [0.1, 0.15) is 6.04 Å². The lowest BCUT2D eigenvalue weighted by molar-refractivity contribution is -0.144. The standard InChI is InChI=1S/C7H16NO3P/c1-4-11-7(9)6(8)5-12(2,3)10/h6H,4-5,8H2,1-3H3. The number of ether oxygens (including phenoxy) is 1. The van der Waals surface area contributed by atoms with Gasteiger partial charge in [-0.05, 0) is 20.3 Å². The first-order valence-electron chi connectivity index (χ1n) is 3.83. The zero-order valence-corrected chi connectivity index (χ0v) is 8.64. The molecule has 72 valence electrons. The minimum Gasteiger partial charge on any atom is -0.465 e. The predicted octanol–water partition coefficient (Wildman–Crippen LogP) is 0.499. The summed E-state index contributed by atoms with van der Waals surface area (Å²) in [6.45, 7) is 5.23. The van der Waals surface area contributed by atoms with Crippen molar-refractivity contribution in [3.05, 3.63) is 0 Å². The molecule has 0 rings (SSSR count). The van der Waals surface area contributed by atoms with E-state index in [1.807, 2.05) is 0 Å². The highest BCUT2D eigenvalue weighted by Crippen LogP contribution is 2.35. The molecular weight excluding hydrogens is 177 g/mol. The Labute approximate surface area is 72.8 Å². The third-order valence-electron chi connectivity index (χ3n) is 1.23. The smallest absolute Gasteiger partial charge is 0.323 e. The van der Waals surface area contributed by atoms with Gasteiger partial charge in [-0.2, -0.15) is 0 Å². The molecular formula is C7H16NO3P. The molecule has 0 aromatic heterocycles. The summed E-state index contributed by atoms with van der Waals surface area (Å²) in [6.07, 6.45) is 0.214. The van der Waals surface area contributed by atoms with Crippen LogP contribution in [0.3, 0.4) is 0 Å². The molecule has 4 nitrogen and oxygen atoms in total. The second-order valence-corrected chi connectivity index (χ2v) is 6.63. The number of carbonyl (C=O) groups is 1. The lowest BCUT2D eigenvalue weighted by Gasteiger charge is -2.12. The number of nitrogens with two attached hydrogens (primary N) is 1. The Morgan fingerprint density at radius 1 is 1.58 bits per heavy atom. The molecule has 0 amide bonds. The maximum Gasteiger partial charge on any atom is 0.323 e. The van der Waals surface area contributed by atoms with Gasteiger partial charge in [-0.1, -0.05) is 0 Å². The molecule has 5 heteroatoms. The summed E-state index contributed by atoms with van der Waals surface area (Å²) < 4.78 is 15.9. The molecule has 1 atom stereocenters. The molecule has 0 aromatic carbocycles. The molecule has 0 aliphatic heterocycles. The monoisotopic (exact) mass is 193 g/mol. The highest BCUT2D eigenvalue weighted by Gasteiger charge is 2.20. The largest absolute Gasteiger partial charge is 0.465 e. The summed E-state index contributed by atoms with van der Waals surface area (Å²) in [5.74, 6) is -0.471. The summed E-state index contributed by atoms with van der Waals surface area (Å²) in [6, 6.07) is -0.745. The van der Waals surface area contributed by atoms with Crippen molar-refractivity contribution in [2.45, 2.75) is 13.0 Å². The maximum atomic E-state index is 11.2. The molecule has 0 aromatic rings. The number of rotatable bonds is 4. The molecule has 0 spiro atoms. The van der Waals surface area contributed by atoms with Crippen LogP contribution in [0.2, 0.25) is 0 Å². The SMILES string of the molecule is CCOC(=O)C(N)CP(C)(C)=O. The van der Waals surface area contributed by atoms with E-state index in [2.05, 4.69) is 4.74 Å². The molecule has 0 radical (unpaired) electrons. The van der Waals surface area contributed by atoms with Crippen molar-refractivity contribution in [3.8, 4) is 0 Å². The first kappa shape index (κ1) is 11.7. The molecule has 0 bridgehead atoms. The predicted molar refractivity (Wildman–Crippen MR) is 48.9 cm³/mol. The van der Waals surface area contributed by atoms with Gasteiger partial charge in [-0.25, -0.2) is 0 Å². The molecule has 1 unspecified atom stereocenters. The van der Waals surface area contributed by atoms with Gasteiger partial charge in [0, 0.05) is 6.16 Å². The Morgan fingerprint density at radius 3 is 2.42 bits per heavy atom. The van der Waals surface area contributed by atoms with Crippen LogP contribution in [-0.2, 0) is 14.1 Å². The Balaban J connectivity index is 3.96. The number of hydrogen-bond acceptors (Lipinski definition) is 4. The van der Waals surface area contributed by atoms with E-state index in [1.54, 1.807) is 20.3 Å². The van der Waals surface area contributed by atoms with E-state index in [4.69, 9.17) is 5.73 Å². The van der Waals surface area contributed by atoms with Gasteiger partial charge in [0.05, 0.1) is 13.7 Å². The Morgan fingerprint density at radius 2 is 2.08 bits per heavy atom. The molecule has 0 saturated carbocycles. The fraction of sp³-hybridized carbons (Fsp3) is 0.857. The molecule has 2 N–H and O–H groups in total. The first-order valence-corrected chi connectivity index (χ1v) is 6.61. The molecule has 0 fully saturated rings. The van der Waals surface area contributed by atoms with Crippen molar-refractivity contribution in [1.82, 2.24) is 0 Å². The molecule has 0 aliphatic carbocycles. The fourth-order valence-corrected chi connectivity index (χ4v) is 1.89. The summed E-state index contributed by atoms with van der Waals surface area (Å²) in [4.78, 5) is 11.0. The van der Waals surface area contributed by atoms with E-state index >= 15 is 0 Å². The van der Waals surface area contributed by atoms with Crippen molar-refractivity contribution < 1.29 is 14.1 Å². The quantitative estimate of drug-likeness (QED) is 0.521. The van der Waals surface area contributed by atoms with Gasteiger partial charge in [-0.3, -0.25) is 4.79 Å². The van der Waals surface area contributed by atoms with Gasteiger partial charge in [0.25, 0.3) is 0 Å². The fourth-order valence-electron chi connectivity index (χ4n) is 0.798. The van der Waals surface area contributed by atoms with Crippen LogP contribution in [-0.4, -0.2) is 38.1 Å². The van der Waals surface area contributed by atoms with E-state index in [-0.39, 0.29) is 6.16 Å². The molecule has 0 heterocycles. The number of carbonyl (C=O) groups excluding carboxylic acids is 1. The summed E-state index contributed by atoms with van der Waals surface area (Å²) >= 11 is 0. The zero-order chi connectivity index (χ0) is 9.78. The third kappa shape index (κ3) is 5.33. The second kappa shape index (κ2) is 4.63. The van der Waals surface area contributed by atoms with E-state index in [1.165, 1.54) is 0 Å². The summed E-state index contributed by atoms with van der Waals surface area (Å²) in [5, 5.41) is 0. The van der Waals surface area contributed by atoms with Crippen molar-refractivity contribution in [3.63, 3.8) is 0 Å². The van der Waals surface area contributed by atoms with Crippen LogP contribution >= 0.6 is 7.14 Å². The lowest BCUT2D eigenvalue weighted by Crippen LogP contribution is -2.35. The van der Waals surface area contributed by atoms with Gasteiger partial charge < -0.3 is 15.0 Å². The van der Waals surface area contributed by atoms with Crippen LogP contribution in [0.15, 0.2) is 0 Å². The average Bonchev–Trinajstić information content (AvgIpc) is 1.84. The van der Waals surface area contributed by atoms with Gasteiger partial charge >= 0.3 is 5.97 Å². The van der Waals surface area contributed by atoms with Crippen LogP contribution in [0.25, 0.3) is 0 Å². The average molecular weight is 193 g/mol. The minimum absolute atomic E-state index is 0.214. The van der Waals surface area contributed by atoms with E-state index < -0.39 is 19.2 Å². The van der Waals surface area contributed by atoms with Gasteiger partial charge in [0.15, 0.2) is 0 Å². The molecule has 0 saturated heterocycles. The number of esters is 1. The van der Waals surface area contributed by atoms with Gasteiger partial charge in [-0.15, -0.1) is 0 Å². The lowest BCUT2D eigenvalue weighted by atomic mass is 10.4. The minimum atomic E-state index is -2.23. The van der Waals surface area contributed by atoms with E-state index in [0.29, 0.717) is 6.61 Å². The highest BCUT2D eigenvalue weighted by molar-refractivity contribution is 7.62. The topological polar surface area (TPSA) is 69.4 Å².